The monoisotopic (exact) mass is 416 g/mol. The van der Waals surface area contributed by atoms with Crippen LogP contribution in [-0.2, 0) is 4.79 Å². The lowest BCUT2D eigenvalue weighted by molar-refractivity contribution is -0.124. The maximum absolute atomic E-state index is 13.0. The van der Waals surface area contributed by atoms with E-state index in [0.717, 1.165) is 16.8 Å². The number of rotatable bonds is 7. The van der Waals surface area contributed by atoms with Gasteiger partial charge in [0.25, 0.3) is 0 Å². The van der Waals surface area contributed by atoms with Crippen molar-refractivity contribution >= 4 is 23.3 Å². The van der Waals surface area contributed by atoms with Gasteiger partial charge in [0.05, 0.1) is 12.0 Å². The third-order valence-electron chi connectivity index (χ3n) is 5.05. The molecule has 3 amide bonds. The average molecular weight is 417 g/mol. The van der Waals surface area contributed by atoms with Crippen LogP contribution in [0.3, 0.4) is 0 Å². The second-order valence-electron chi connectivity index (χ2n) is 7.81. The van der Waals surface area contributed by atoms with Crippen molar-refractivity contribution in [3.63, 3.8) is 0 Å². The van der Waals surface area contributed by atoms with Gasteiger partial charge >= 0.3 is 6.03 Å². The van der Waals surface area contributed by atoms with E-state index in [1.54, 1.807) is 12.4 Å². The van der Waals surface area contributed by atoms with Gasteiger partial charge in [-0.25, -0.2) is 4.79 Å². The summed E-state index contributed by atoms with van der Waals surface area (Å²) in [7, 11) is 0. The van der Waals surface area contributed by atoms with E-state index in [4.69, 9.17) is 0 Å². The number of anilines is 2. The van der Waals surface area contributed by atoms with Crippen LogP contribution >= 0.6 is 0 Å². The minimum Gasteiger partial charge on any atom is -0.349 e. The summed E-state index contributed by atoms with van der Waals surface area (Å²) >= 11 is 0. The summed E-state index contributed by atoms with van der Waals surface area (Å²) in [5.41, 5.74) is 3.26. The third kappa shape index (κ3) is 6.15. The number of nitrogens with zero attached hydrogens (tertiary/aromatic N) is 1. The van der Waals surface area contributed by atoms with Crippen molar-refractivity contribution in [2.45, 2.75) is 32.7 Å². The molecule has 0 saturated carbocycles. The zero-order chi connectivity index (χ0) is 22.2. The first-order valence-electron chi connectivity index (χ1n) is 10.4. The Morgan fingerprint density at radius 1 is 0.774 bits per heavy atom. The van der Waals surface area contributed by atoms with Gasteiger partial charge in [-0.15, -0.1) is 0 Å². The highest BCUT2D eigenvalue weighted by atomic mass is 16.2. The molecule has 1 heterocycles. The minimum atomic E-state index is -0.309. The Bertz CT molecular complexity index is 989. The average Bonchev–Trinajstić information content (AvgIpc) is 2.75. The highest BCUT2D eigenvalue weighted by molar-refractivity contribution is 5.99. The van der Waals surface area contributed by atoms with Crippen molar-refractivity contribution in [3.8, 4) is 0 Å². The topological polar surface area (TPSA) is 83.1 Å². The van der Waals surface area contributed by atoms with E-state index in [9.17, 15) is 9.59 Å². The summed E-state index contributed by atoms with van der Waals surface area (Å²) in [6, 6.07) is 20.0. The van der Waals surface area contributed by atoms with E-state index < -0.39 is 0 Å². The molecule has 2 atom stereocenters. The van der Waals surface area contributed by atoms with Gasteiger partial charge in [-0.1, -0.05) is 50.2 Å². The maximum Gasteiger partial charge on any atom is 0.323 e. The number of amides is 3. The molecule has 31 heavy (non-hydrogen) atoms. The van der Waals surface area contributed by atoms with E-state index in [1.165, 1.54) is 0 Å². The Morgan fingerprint density at radius 2 is 1.42 bits per heavy atom. The molecule has 1 aromatic heterocycles. The van der Waals surface area contributed by atoms with Gasteiger partial charge in [0.2, 0.25) is 5.91 Å². The first-order valence-corrected chi connectivity index (χ1v) is 10.4. The van der Waals surface area contributed by atoms with Crippen LogP contribution in [0.1, 0.15) is 43.9 Å². The van der Waals surface area contributed by atoms with Gasteiger partial charge in [0.15, 0.2) is 0 Å². The zero-order valence-electron chi connectivity index (χ0n) is 18.0. The molecule has 0 spiro atoms. The number of carbonyl (C=O) groups is 2. The molecule has 3 N–H and O–H groups in total. The molecule has 0 aliphatic heterocycles. The highest BCUT2D eigenvalue weighted by Crippen LogP contribution is 2.25. The van der Waals surface area contributed by atoms with Crippen molar-refractivity contribution in [3.05, 3.63) is 90.3 Å². The van der Waals surface area contributed by atoms with Gasteiger partial charge < -0.3 is 16.0 Å². The molecule has 2 aromatic carbocycles. The SMILES string of the molecule is CC(C)[C@@H](C(=O)N[C@@H](C)c1ccc(NC(=O)Nc2ccccc2)cc1)c1cccnc1. The van der Waals surface area contributed by atoms with E-state index in [0.29, 0.717) is 5.69 Å². The van der Waals surface area contributed by atoms with Crippen molar-refractivity contribution in [2.24, 2.45) is 5.92 Å². The molecule has 0 aliphatic rings. The molecule has 160 valence electrons. The standard InChI is InChI=1S/C25H28N4O2/c1-17(2)23(20-8-7-15-26-16-20)24(30)27-18(3)19-11-13-22(14-12-19)29-25(31)28-21-9-5-4-6-10-21/h4-18,23H,1-3H3,(H,27,30)(H2,28,29,31)/t18-,23+/m0/s1. The van der Waals surface area contributed by atoms with Crippen molar-refractivity contribution in [1.29, 1.82) is 0 Å². The van der Waals surface area contributed by atoms with Crippen molar-refractivity contribution in [1.82, 2.24) is 10.3 Å². The Morgan fingerprint density at radius 3 is 2.00 bits per heavy atom. The number of nitrogens with one attached hydrogen (secondary N) is 3. The summed E-state index contributed by atoms with van der Waals surface area (Å²) in [6.45, 7) is 6.01. The number of hydrogen-bond donors (Lipinski definition) is 3. The molecule has 3 aromatic rings. The van der Waals surface area contributed by atoms with Crippen LogP contribution < -0.4 is 16.0 Å². The number of carbonyl (C=O) groups excluding carboxylic acids is 2. The Labute approximate surface area is 183 Å². The Kier molecular flexibility index (Phi) is 7.38. The number of benzene rings is 2. The molecule has 0 unspecified atom stereocenters. The molecule has 0 fully saturated rings. The Hall–Kier alpha value is -3.67. The largest absolute Gasteiger partial charge is 0.349 e. The van der Waals surface area contributed by atoms with Crippen LogP contribution in [0.15, 0.2) is 79.1 Å². The normalized spacial score (nSPS) is 12.6. The van der Waals surface area contributed by atoms with E-state index >= 15 is 0 Å². The van der Waals surface area contributed by atoms with Gasteiger partial charge in [-0.3, -0.25) is 9.78 Å². The van der Waals surface area contributed by atoms with Gasteiger partial charge in [-0.05, 0) is 54.3 Å². The summed E-state index contributed by atoms with van der Waals surface area (Å²) < 4.78 is 0. The lowest BCUT2D eigenvalue weighted by Crippen LogP contribution is -2.34. The molecular formula is C25H28N4O2. The van der Waals surface area contributed by atoms with Crippen LogP contribution in [0.4, 0.5) is 16.2 Å². The summed E-state index contributed by atoms with van der Waals surface area (Å²) in [5.74, 6) is -0.148. The van der Waals surface area contributed by atoms with Gasteiger partial charge in [-0.2, -0.15) is 0 Å². The van der Waals surface area contributed by atoms with Crippen LogP contribution in [0, 0.1) is 5.92 Å². The third-order valence-corrected chi connectivity index (χ3v) is 5.05. The highest BCUT2D eigenvalue weighted by Gasteiger charge is 2.25. The molecule has 0 bridgehead atoms. The first kappa shape index (κ1) is 22.0. The first-order chi connectivity index (χ1) is 14.9. The predicted octanol–water partition coefficient (Wildman–Crippen LogP) is 5.34. The lowest BCUT2D eigenvalue weighted by atomic mass is 9.88. The molecule has 6 nitrogen and oxygen atoms in total. The van der Waals surface area contributed by atoms with Crippen molar-refractivity contribution < 1.29 is 9.59 Å². The molecule has 0 radical (unpaired) electrons. The molecule has 0 aliphatic carbocycles. The predicted molar refractivity (Wildman–Crippen MR) is 124 cm³/mol. The molecule has 0 saturated heterocycles. The number of urea groups is 1. The van der Waals surface area contributed by atoms with Crippen LogP contribution in [0.2, 0.25) is 0 Å². The van der Waals surface area contributed by atoms with Crippen LogP contribution in [0.25, 0.3) is 0 Å². The second kappa shape index (κ2) is 10.4. The lowest BCUT2D eigenvalue weighted by Gasteiger charge is -2.23. The summed E-state index contributed by atoms with van der Waals surface area (Å²) in [4.78, 5) is 29.2. The fourth-order valence-electron chi connectivity index (χ4n) is 3.46. The van der Waals surface area contributed by atoms with Gasteiger partial charge in [0, 0.05) is 23.8 Å². The van der Waals surface area contributed by atoms with Gasteiger partial charge in [0.1, 0.15) is 0 Å². The van der Waals surface area contributed by atoms with E-state index in [1.807, 2.05) is 87.5 Å². The molecular weight excluding hydrogens is 388 g/mol. The maximum atomic E-state index is 13.0. The van der Waals surface area contributed by atoms with E-state index in [2.05, 4.69) is 20.9 Å². The number of para-hydroxylation sites is 1. The number of aromatic nitrogens is 1. The smallest absolute Gasteiger partial charge is 0.323 e. The van der Waals surface area contributed by atoms with E-state index in [-0.39, 0.29) is 29.8 Å². The zero-order valence-corrected chi connectivity index (χ0v) is 18.0. The summed E-state index contributed by atoms with van der Waals surface area (Å²) in [5, 5.41) is 8.69. The second-order valence-corrected chi connectivity index (χ2v) is 7.81. The Balaban J connectivity index is 1.60. The minimum absolute atomic E-state index is 0.0278. The number of hydrogen-bond acceptors (Lipinski definition) is 3. The van der Waals surface area contributed by atoms with Crippen LogP contribution in [0.5, 0.6) is 0 Å². The number of pyridine rings is 1. The quantitative estimate of drug-likeness (QED) is 0.486. The molecule has 3 rings (SSSR count). The van der Waals surface area contributed by atoms with Crippen molar-refractivity contribution in [2.75, 3.05) is 10.6 Å². The summed E-state index contributed by atoms with van der Waals surface area (Å²) in [6.07, 6.45) is 3.45. The fourth-order valence-corrected chi connectivity index (χ4v) is 3.46. The van der Waals surface area contributed by atoms with Crippen LogP contribution in [-0.4, -0.2) is 16.9 Å². The fraction of sp³-hybridized carbons (Fsp3) is 0.240. The molecule has 6 heteroatoms.